The maximum absolute atomic E-state index is 13.2. The first-order chi connectivity index (χ1) is 9.81. The first-order valence-corrected chi connectivity index (χ1v) is 7.94. The van der Waals surface area contributed by atoms with Crippen LogP contribution in [0, 0.1) is 15.9 Å². The summed E-state index contributed by atoms with van der Waals surface area (Å²) >= 11 is 0. The van der Waals surface area contributed by atoms with Gasteiger partial charge in [0, 0.05) is 12.1 Å². The molecule has 1 saturated carbocycles. The van der Waals surface area contributed by atoms with E-state index in [1.165, 1.54) is 0 Å². The van der Waals surface area contributed by atoms with Crippen LogP contribution < -0.4 is 4.72 Å². The summed E-state index contributed by atoms with van der Waals surface area (Å²) in [5.41, 5.74) is -0.901. The third kappa shape index (κ3) is 3.55. The number of benzene rings is 1. The van der Waals surface area contributed by atoms with Gasteiger partial charge in [0.15, 0.2) is 0 Å². The summed E-state index contributed by atoms with van der Waals surface area (Å²) in [6.07, 6.45) is 1.80. The Labute approximate surface area is 121 Å². The second-order valence-electron chi connectivity index (χ2n) is 4.95. The molecule has 0 radical (unpaired) electrons. The predicted molar refractivity (Wildman–Crippen MR) is 71.6 cm³/mol. The molecule has 0 spiro atoms. The number of aliphatic hydroxyl groups is 1. The van der Waals surface area contributed by atoms with Crippen molar-refractivity contribution >= 4 is 15.7 Å². The molecule has 1 aliphatic rings. The molecule has 21 heavy (non-hydrogen) atoms. The second-order valence-corrected chi connectivity index (χ2v) is 6.66. The maximum atomic E-state index is 13.2. The fourth-order valence-electron chi connectivity index (χ4n) is 2.32. The normalized spacial score (nSPS) is 23.0. The van der Waals surface area contributed by atoms with Gasteiger partial charge in [-0.3, -0.25) is 10.1 Å². The minimum absolute atomic E-state index is 0.395. The molecule has 1 aliphatic carbocycles. The van der Waals surface area contributed by atoms with E-state index in [0.29, 0.717) is 18.9 Å². The molecule has 116 valence electrons. The molecule has 0 amide bonds. The summed E-state index contributed by atoms with van der Waals surface area (Å²) in [7, 11) is -4.05. The summed E-state index contributed by atoms with van der Waals surface area (Å²) in [5.74, 6) is -1.10. The minimum atomic E-state index is -4.05. The van der Waals surface area contributed by atoms with Crippen molar-refractivity contribution in [2.45, 2.75) is 42.7 Å². The highest BCUT2D eigenvalue weighted by Crippen LogP contribution is 2.24. The highest BCUT2D eigenvalue weighted by Gasteiger charge is 2.29. The molecule has 0 aromatic heterocycles. The van der Waals surface area contributed by atoms with E-state index in [-0.39, 0.29) is 0 Å². The van der Waals surface area contributed by atoms with Crippen molar-refractivity contribution in [3.05, 3.63) is 34.1 Å². The summed E-state index contributed by atoms with van der Waals surface area (Å²) in [6.45, 7) is 0. The van der Waals surface area contributed by atoms with Crippen LogP contribution in [0.15, 0.2) is 23.1 Å². The number of hydrogen-bond donors (Lipinski definition) is 2. The van der Waals surface area contributed by atoms with E-state index in [2.05, 4.69) is 4.72 Å². The monoisotopic (exact) mass is 318 g/mol. The Morgan fingerprint density at radius 2 is 2.00 bits per heavy atom. The summed E-state index contributed by atoms with van der Waals surface area (Å²) in [6, 6.07) is 1.74. The molecule has 2 atom stereocenters. The van der Waals surface area contributed by atoms with Crippen molar-refractivity contribution in [3.8, 4) is 0 Å². The van der Waals surface area contributed by atoms with Crippen LogP contribution in [0.25, 0.3) is 0 Å². The zero-order valence-electron chi connectivity index (χ0n) is 11.0. The van der Waals surface area contributed by atoms with Crippen LogP contribution in [0.4, 0.5) is 10.1 Å². The molecule has 2 rings (SSSR count). The number of rotatable bonds is 4. The zero-order valence-corrected chi connectivity index (χ0v) is 11.8. The first kappa shape index (κ1) is 15.8. The van der Waals surface area contributed by atoms with Gasteiger partial charge in [0.05, 0.1) is 15.9 Å². The number of nitro benzene ring substituents is 1. The van der Waals surface area contributed by atoms with E-state index in [1.54, 1.807) is 0 Å². The topological polar surface area (TPSA) is 110 Å². The standard InChI is InChI=1S/C12H15FN2O5S/c13-9-6-5-8(7-11(9)15(17)18)21(19,20)14-10-3-1-2-4-12(10)16/h5-7,10,12,14,16H,1-4H2. The van der Waals surface area contributed by atoms with Crippen molar-refractivity contribution in [3.63, 3.8) is 0 Å². The molecule has 9 heteroatoms. The zero-order chi connectivity index (χ0) is 15.6. The Morgan fingerprint density at radius 1 is 1.33 bits per heavy atom. The lowest BCUT2D eigenvalue weighted by Crippen LogP contribution is -2.44. The van der Waals surface area contributed by atoms with E-state index in [4.69, 9.17) is 0 Å². The van der Waals surface area contributed by atoms with Gasteiger partial charge in [-0.15, -0.1) is 0 Å². The third-order valence-electron chi connectivity index (χ3n) is 3.46. The lowest BCUT2D eigenvalue weighted by Gasteiger charge is -2.28. The summed E-state index contributed by atoms with van der Waals surface area (Å²) in [4.78, 5) is 9.28. The van der Waals surface area contributed by atoms with E-state index < -0.39 is 43.5 Å². The van der Waals surface area contributed by atoms with Gasteiger partial charge >= 0.3 is 5.69 Å². The van der Waals surface area contributed by atoms with Crippen molar-refractivity contribution in [2.75, 3.05) is 0 Å². The van der Waals surface area contributed by atoms with Gasteiger partial charge < -0.3 is 5.11 Å². The van der Waals surface area contributed by atoms with Crippen LogP contribution in [0.3, 0.4) is 0 Å². The lowest BCUT2D eigenvalue weighted by molar-refractivity contribution is -0.387. The molecule has 1 fully saturated rings. The second kappa shape index (κ2) is 6.04. The molecule has 0 bridgehead atoms. The van der Waals surface area contributed by atoms with Crippen LogP contribution in [0.1, 0.15) is 25.7 Å². The van der Waals surface area contributed by atoms with Crippen LogP contribution in [0.2, 0.25) is 0 Å². The van der Waals surface area contributed by atoms with Crippen LogP contribution in [-0.2, 0) is 10.0 Å². The quantitative estimate of drug-likeness (QED) is 0.642. The van der Waals surface area contributed by atoms with Gasteiger partial charge in [-0.2, -0.15) is 4.39 Å². The van der Waals surface area contributed by atoms with Crippen molar-refractivity contribution in [1.82, 2.24) is 4.72 Å². The number of nitrogens with one attached hydrogen (secondary N) is 1. The molecule has 0 heterocycles. The average molecular weight is 318 g/mol. The van der Waals surface area contributed by atoms with Crippen molar-refractivity contribution in [1.29, 1.82) is 0 Å². The largest absolute Gasteiger partial charge is 0.391 e. The van der Waals surface area contributed by atoms with Crippen LogP contribution >= 0.6 is 0 Å². The Balaban J connectivity index is 2.27. The molecular weight excluding hydrogens is 303 g/mol. The van der Waals surface area contributed by atoms with Crippen LogP contribution in [-0.4, -0.2) is 30.6 Å². The lowest BCUT2D eigenvalue weighted by atomic mass is 9.93. The fourth-order valence-corrected chi connectivity index (χ4v) is 3.64. The van der Waals surface area contributed by atoms with E-state index in [1.807, 2.05) is 0 Å². The molecule has 0 aliphatic heterocycles. The van der Waals surface area contributed by atoms with Gasteiger partial charge in [0.2, 0.25) is 15.8 Å². The van der Waals surface area contributed by atoms with E-state index in [0.717, 1.165) is 25.0 Å². The van der Waals surface area contributed by atoms with Gasteiger partial charge in [-0.1, -0.05) is 12.8 Å². The Hall–Kier alpha value is -1.58. The molecule has 0 saturated heterocycles. The Morgan fingerprint density at radius 3 is 2.62 bits per heavy atom. The van der Waals surface area contributed by atoms with Crippen molar-refractivity contribution < 1.29 is 22.8 Å². The number of nitrogens with zero attached hydrogens (tertiary/aromatic N) is 1. The Bertz CT molecular complexity index is 649. The molecule has 1 aromatic rings. The fraction of sp³-hybridized carbons (Fsp3) is 0.500. The predicted octanol–water partition coefficient (Wildman–Crippen LogP) is 1.32. The number of hydrogen-bond acceptors (Lipinski definition) is 5. The number of halogens is 1. The number of aliphatic hydroxyl groups excluding tert-OH is 1. The highest BCUT2D eigenvalue weighted by molar-refractivity contribution is 7.89. The van der Waals surface area contributed by atoms with Gasteiger partial charge in [-0.05, 0) is 25.0 Å². The SMILES string of the molecule is O=[N+]([O-])c1cc(S(=O)(=O)NC2CCCCC2O)ccc1F. The highest BCUT2D eigenvalue weighted by atomic mass is 32.2. The Kier molecular flexibility index (Phi) is 4.55. The molecule has 2 unspecified atom stereocenters. The van der Waals surface area contributed by atoms with Gasteiger partial charge in [-0.25, -0.2) is 13.1 Å². The molecule has 1 aromatic carbocycles. The summed E-state index contributed by atoms with van der Waals surface area (Å²) in [5, 5.41) is 20.4. The van der Waals surface area contributed by atoms with Crippen LogP contribution in [0.5, 0.6) is 0 Å². The smallest absolute Gasteiger partial charge is 0.306 e. The minimum Gasteiger partial charge on any atom is -0.391 e. The van der Waals surface area contributed by atoms with Crippen molar-refractivity contribution in [2.24, 2.45) is 0 Å². The van der Waals surface area contributed by atoms with E-state index >= 15 is 0 Å². The number of sulfonamides is 1. The molecule has 2 N–H and O–H groups in total. The summed E-state index contributed by atoms with van der Waals surface area (Å²) < 4.78 is 39.9. The van der Waals surface area contributed by atoms with E-state index in [9.17, 15) is 28.0 Å². The maximum Gasteiger partial charge on any atom is 0.306 e. The molecular formula is C12H15FN2O5S. The van der Waals surface area contributed by atoms with Gasteiger partial charge in [0.25, 0.3) is 0 Å². The number of nitro groups is 1. The third-order valence-corrected chi connectivity index (χ3v) is 4.95. The van der Waals surface area contributed by atoms with Gasteiger partial charge in [0.1, 0.15) is 0 Å². The first-order valence-electron chi connectivity index (χ1n) is 6.45. The molecule has 7 nitrogen and oxygen atoms in total. The average Bonchev–Trinajstić information content (AvgIpc) is 2.41.